The third-order valence-electron chi connectivity index (χ3n) is 36.7. The molecule has 8 N–H and O–H groups in total. The summed E-state index contributed by atoms with van der Waals surface area (Å²) >= 11 is 0. The molecule has 0 saturated carbocycles. The molecule has 0 aliphatic carbocycles. The van der Waals surface area contributed by atoms with Crippen LogP contribution in [0.25, 0.3) is 0 Å². The first-order valence-electron chi connectivity index (χ1n) is 59.2. The fourth-order valence-electron chi connectivity index (χ4n) is 20.2. The van der Waals surface area contributed by atoms with Crippen molar-refractivity contribution in [1.82, 2.24) is 115 Å². The summed E-state index contributed by atoms with van der Waals surface area (Å²) < 4.78 is 0. The van der Waals surface area contributed by atoms with Crippen LogP contribution in [0.15, 0.2) is 0 Å². The summed E-state index contributed by atoms with van der Waals surface area (Å²) in [4.78, 5) is 52.8. The van der Waals surface area contributed by atoms with Gasteiger partial charge < -0.3 is 121 Å². The molecule has 0 aromatic heterocycles. The molecule has 144 heavy (non-hydrogen) atoms. The Hall–Kier alpha value is -1.33. The Morgan fingerprint density at radius 3 is 0.743 bits per heavy atom. The van der Waals surface area contributed by atoms with Crippen LogP contribution in [-0.2, 0) is 4.79 Å². The minimum atomic E-state index is 0.366. The molecule has 26 heteroatoms. The molecule has 0 aromatic carbocycles. The first-order chi connectivity index (χ1) is 67.6. The molecule has 26 nitrogen and oxygen atoms in total. The first kappa shape index (κ1) is 147. The number of likely N-dealkylation sites (N-methyl/N-ethyl adjacent to an activating group) is 13. The van der Waals surface area contributed by atoms with E-state index in [1.165, 1.54) is 273 Å². The number of hydrogen-bond acceptors (Lipinski definition) is 26. The molecule has 0 aromatic rings. The minimum absolute atomic E-state index is 0.366. The van der Waals surface area contributed by atoms with Crippen molar-refractivity contribution in [2.24, 2.45) is 64.9 Å². The van der Waals surface area contributed by atoms with Crippen molar-refractivity contribution in [3.05, 3.63) is 0 Å². The van der Waals surface area contributed by atoms with Crippen LogP contribution in [0.5, 0.6) is 0 Å². The number of nitrogens with one attached hydrogen (secondary N) is 5. The standard InChI is InChI=1S/C15H33N3.3C14H31N3.3C13H29N3.C7H15NO.C7H17N.C6H15N.C2H4O/c1-7-18(14(3)13(2)16(4)5)12-15-8-10-17(6)11-9-15;2*1-12(15(3)4)13(2)17(6)11-14-7-9-16(5)10-8-14;1-6-17(13(3)12(2)15-4)11-14-7-9-16(5)10-8-14;1-11(12(2)15(3)4)14-10-13-6-8-16(5)9-7-13;1-11(15(3)4)12(2)16(5)10-13-6-8-14-9-7-13;1-11(14-3)12(2)16(5)10-13-6-8-15(4)9-7-13;1-8-4-2-7(6-9)3-5-8;1-5-6(2)7(3)8-4;1-4-5(2)6(3)7;1-2-3/h13-15H,7-12H2,1-6H3;2*12-14H,7-11H2,1-6H3;12-15H,6-11H2,1-5H3;3*11-14H,6-10H2,1-5H3;7,9H,2-6H2,1H3;6-8H,5H2,1-4H3;5-6H,4,7H2,1-3H3;2H,1H3. The van der Waals surface area contributed by atoms with Gasteiger partial charge in [0.1, 0.15) is 6.29 Å². The van der Waals surface area contributed by atoms with E-state index in [2.05, 4.69) is 415 Å². The number of hydrogen-bond donors (Lipinski definition) is 7. The summed E-state index contributed by atoms with van der Waals surface area (Å²) in [5.74, 6) is 8.33. The highest BCUT2D eigenvalue weighted by molar-refractivity contribution is 5.44. The van der Waals surface area contributed by atoms with Gasteiger partial charge in [0.2, 0.25) is 0 Å². The zero-order valence-electron chi connectivity index (χ0n) is 106. The summed E-state index contributed by atoms with van der Waals surface area (Å²) in [5.41, 5.74) is 5.55. The summed E-state index contributed by atoms with van der Waals surface area (Å²) in [5, 5.41) is 25.8. The van der Waals surface area contributed by atoms with Crippen LogP contribution in [-0.4, -0.2) is 536 Å². The third-order valence-corrected chi connectivity index (χ3v) is 36.7. The van der Waals surface area contributed by atoms with E-state index in [-0.39, 0.29) is 0 Å². The Labute approximate surface area is 901 Å². The summed E-state index contributed by atoms with van der Waals surface area (Å²) in [7, 11) is 52.4. The van der Waals surface area contributed by atoms with E-state index in [0.717, 1.165) is 66.7 Å². The van der Waals surface area contributed by atoms with Crippen LogP contribution in [0.4, 0.5) is 0 Å². The lowest BCUT2D eigenvalue weighted by Crippen LogP contribution is -2.48. The summed E-state index contributed by atoms with van der Waals surface area (Å²) in [6, 6.07) is 9.60. The average Bonchev–Trinajstić information content (AvgIpc) is 0.869. The second kappa shape index (κ2) is 85.9. The van der Waals surface area contributed by atoms with Crippen LogP contribution in [0.3, 0.4) is 0 Å². The highest BCUT2D eigenvalue weighted by atomic mass is 16.3. The zero-order valence-corrected chi connectivity index (χ0v) is 106. The smallest absolute Gasteiger partial charge is 0.116 e. The van der Waals surface area contributed by atoms with Crippen molar-refractivity contribution < 1.29 is 9.90 Å². The lowest BCUT2D eigenvalue weighted by Gasteiger charge is -2.39. The fourth-order valence-corrected chi connectivity index (χ4v) is 20.2. The molecule has 0 bridgehead atoms. The van der Waals surface area contributed by atoms with Gasteiger partial charge in [-0.25, -0.2) is 0 Å². The molecule has 8 aliphatic rings. The van der Waals surface area contributed by atoms with E-state index in [1.54, 1.807) is 0 Å². The third kappa shape index (κ3) is 67.5. The van der Waals surface area contributed by atoms with Gasteiger partial charge in [0, 0.05) is 143 Å². The molecular weight excluding hydrogens is 1790 g/mol. The molecule has 8 heterocycles. The number of likely N-dealkylation sites (tertiary alicyclic amines) is 7. The number of aliphatic hydroxyl groups is 1. The molecule has 8 rings (SSSR count). The topological polar surface area (TPSA) is 182 Å². The maximum absolute atomic E-state index is 8.81. The van der Waals surface area contributed by atoms with Crippen molar-refractivity contribution in [2.75, 3.05) is 339 Å². The summed E-state index contributed by atoms with van der Waals surface area (Å²) in [6.45, 7) is 83.1. The molecule has 868 valence electrons. The number of rotatable bonds is 43. The fraction of sp³-hybridized carbons (Fsp3) is 0.992. The molecular formula is C118H264N24O2. The predicted molar refractivity (Wildman–Crippen MR) is 639 cm³/mol. The molecule has 8 saturated heterocycles. The van der Waals surface area contributed by atoms with E-state index in [9.17, 15) is 0 Å². The molecule has 18 atom stereocenters. The number of aliphatic hydroxyl groups excluding tert-OH is 1. The SMILES string of the molecule is CC(C(C)N(C)CC1CCN(C)CC1)N(C)C.CC(C(C)N(C)CC1CCN(C)CC1)N(C)C.CC(C(C)N(C)CC1CCNCC1)N(C)C.CC(NCC1CCN(C)CC1)C(C)N(C)C.CC=O.CCC(C)C(C)N.CCC(C)C(C)NC.CCN(CC1CCN(C)CC1)C(C)C(C)N(C)C.CCN(CC1CCN(C)CC1)C(C)C(C)NC.CN1CCC(CO)CC1.CNC(C)C(C)N(C)CC1CCN(C)CC1. The number of nitrogens with two attached hydrogens (primary N) is 1. The maximum Gasteiger partial charge on any atom is 0.116 e. The Morgan fingerprint density at radius 1 is 0.299 bits per heavy atom. The second-order valence-corrected chi connectivity index (χ2v) is 48.8. The Morgan fingerprint density at radius 2 is 0.521 bits per heavy atom. The van der Waals surface area contributed by atoms with Gasteiger partial charge in [0.25, 0.3) is 0 Å². The minimum Gasteiger partial charge on any atom is -0.396 e. The van der Waals surface area contributed by atoms with Crippen LogP contribution in [0.1, 0.15) is 275 Å². The second-order valence-electron chi connectivity index (χ2n) is 48.8. The number of piperidine rings is 8. The van der Waals surface area contributed by atoms with Crippen molar-refractivity contribution in [2.45, 2.75) is 371 Å². The van der Waals surface area contributed by atoms with Crippen LogP contribution in [0, 0.1) is 59.2 Å². The van der Waals surface area contributed by atoms with Gasteiger partial charge in [0.15, 0.2) is 0 Å². The van der Waals surface area contributed by atoms with Crippen molar-refractivity contribution >= 4 is 6.29 Å². The van der Waals surface area contributed by atoms with Crippen molar-refractivity contribution in [3.63, 3.8) is 0 Å². The lowest BCUT2D eigenvalue weighted by molar-refractivity contribution is -0.106. The number of aldehydes is 1. The molecule has 8 fully saturated rings. The van der Waals surface area contributed by atoms with Crippen LogP contribution < -0.4 is 32.3 Å². The number of nitrogens with zero attached hydrogens (tertiary/aromatic N) is 18. The molecule has 18 unspecified atom stereocenters. The van der Waals surface area contributed by atoms with E-state index in [1.807, 2.05) is 21.0 Å². The highest BCUT2D eigenvalue weighted by Gasteiger charge is 2.32. The lowest BCUT2D eigenvalue weighted by atomic mass is 9.95. The van der Waals surface area contributed by atoms with Gasteiger partial charge in [-0.1, -0.05) is 54.4 Å². The number of carbonyl (C=O) groups is 1. The Bertz CT molecular complexity index is 2750. The molecule has 0 radical (unpaired) electrons. The Balaban J connectivity index is -0.00000154. The van der Waals surface area contributed by atoms with Crippen LogP contribution in [0.2, 0.25) is 0 Å². The zero-order chi connectivity index (χ0) is 111. The highest BCUT2D eigenvalue weighted by Crippen LogP contribution is 2.27. The normalized spacial score (nSPS) is 22.4. The molecule has 0 spiro atoms. The quantitative estimate of drug-likeness (QED) is 0.0286. The average molecular weight is 2050 g/mol. The van der Waals surface area contributed by atoms with E-state index < -0.39 is 0 Å². The largest absolute Gasteiger partial charge is 0.396 e. The monoisotopic (exact) mass is 2050 g/mol. The van der Waals surface area contributed by atoms with Gasteiger partial charge in [-0.2, -0.15) is 0 Å². The van der Waals surface area contributed by atoms with E-state index in [0.29, 0.717) is 115 Å². The van der Waals surface area contributed by atoms with Crippen molar-refractivity contribution in [3.8, 4) is 0 Å². The predicted octanol–water partition coefficient (Wildman–Crippen LogP) is 14.1. The first-order valence-corrected chi connectivity index (χ1v) is 59.2. The maximum atomic E-state index is 8.81. The van der Waals surface area contributed by atoms with Crippen molar-refractivity contribution in [1.29, 1.82) is 0 Å². The van der Waals surface area contributed by atoms with Gasteiger partial charge in [0.05, 0.1) is 0 Å². The Kier molecular flexibility index (Phi) is 87.5. The van der Waals surface area contributed by atoms with Crippen LogP contribution >= 0.6 is 0 Å². The molecule has 0 amide bonds. The van der Waals surface area contributed by atoms with Gasteiger partial charge in [-0.3, -0.25) is 9.80 Å². The van der Waals surface area contributed by atoms with Gasteiger partial charge in [-0.15, -0.1) is 0 Å². The summed E-state index contributed by atoms with van der Waals surface area (Å²) in [6.07, 6.45) is 24.6. The van der Waals surface area contributed by atoms with Gasteiger partial charge in [-0.05, 0) is 573 Å². The van der Waals surface area contributed by atoms with E-state index >= 15 is 0 Å². The molecule has 8 aliphatic heterocycles. The van der Waals surface area contributed by atoms with Gasteiger partial charge >= 0.3 is 0 Å². The number of carbonyl (C=O) groups excluding carboxylic acids is 1. The van der Waals surface area contributed by atoms with E-state index in [4.69, 9.17) is 15.6 Å².